The van der Waals surface area contributed by atoms with Crippen molar-refractivity contribution in [1.29, 1.82) is 0 Å². The van der Waals surface area contributed by atoms with E-state index in [1.54, 1.807) is 14.7 Å². The molecular weight excluding hydrogens is 764 g/mol. The molecule has 1 aliphatic carbocycles. The lowest BCUT2D eigenvalue weighted by Crippen LogP contribution is -2.57. The summed E-state index contributed by atoms with van der Waals surface area (Å²) in [5, 5.41) is 0. The first-order valence-electron chi connectivity index (χ1n) is 20.8. The van der Waals surface area contributed by atoms with Crippen LogP contribution in [0.5, 0.6) is 0 Å². The number of nitrogens with zero attached hydrogens (tertiary/aromatic N) is 3. The number of hydrogen-bond donors (Lipinski definition) is 0. The molecule has 10 heteroatoms. The van der Waals surface area contributed by atoms with Crippen molar-refractivity contribution in [3.05, 3.63) is 172 Å². The molecule has 5 aromatic rings. The van der Waals surface area contributed by atoms with Crippen LogP contribution in [-0.2, 0) is 39.9 Å². The Hall–Kier alpha value is -6.16. The summed E-state index contributed by atoms with van der Waals surface area (Å²) in [4.78, 5) is 47.4. The highest BCUT2D eigenvalue weighted by Gasteiger charge is 2.36. The Bertz CT molecular complexity index is 2220. The predicted molar refractivity (Wildman–Crippen MR) is 228 cm³/mol. The first-order chi connectivity index (χ1) is 29.1. The van der Waals surface area contributed by atoms with Crippen LogP contribution in [0.15, 0.2) is 133 Å². The van der Waals surface area contributed by atoms with E-state index in [0.717, 1.165) is 71.2 Å². The normalized spacial score (nSPS) is 14.5. The average Bonchev–Trinajstić information content (AvgIpc) is 3.59. The second kappa shape index (κ2) is 19.3. The van der Waals surface area contributed by atoms with E-state index >= 15 is 0 Å². The van der Waals surface area contributed by atoms with Crippen LogP contribution in [0.2, 0.25) is 0 Å². The monoisotopic (exact) mass is 813 g/mol. The number of alkyl halides is 3. The first kappa shape index (κ1) is 42.0. The number of hydrogen-bond acceptors (Lipinski definition) is 4. The fraction of sp³-hybridized carbons (Fsp3) is 0.300. The van der Waals surface area contributed by atoms with Crippen LogP contribution in [-0.4, -0.2) is 71.4 Å². The van der Waals surface area contributed by atoms with Crippen LogP contribution in [0.25, 0.3) is 17.2 Å². The van der Waals surface area contributed by atoms with Gasteiger partial charge in [0.25, 0.3) is 0 Å². The van der Waals surface area contributed by atoms with E-state index in [9.17, 15) is 27.6 Å². The highest BCUT2D eigenvalue weighted by atomic mass is 19.4. The van der Waals surface area contributed by atoms with Crippen LogP contribution in [0.3, 0.4) is 0 Å². The fourth-order valence-corrected chi connectivity index (χ4v) is 8.15. The van der Waals surface area contributed by atoms with Gasteiger partial charge < -0.3 is 19.4 Å². The number of halogens is 3. The summed E-state index contributed by atoms with van der Waals surface area (Å²) in [6, 6.07) is 37.6. The molecule has 0 aromatic heterocycles. The summed E-state index contributed by atoms with van der Waals surface area (Å²) >= 11 is 0. The van der Waals surface area contributed by atoms with Crippen LogP contribution >= 0.6 is 0 Å². The first-order valence-corrected chi connectivity index (χ1v) is 20.8. The molecule has 1 unspecified atom stereocenters. The molecule has 0 saturated carbocycles. The average molecular weight is 814 g/mol. The summed E-state index contributed by atoms with van der Waals surface area (Å²) in [6.07, 6.45) is 2.41. The van der Waals surface area contributed by atoms with E-state index in [1.165, 1.54) is 29.8 Å². The van der Waals surface area contributed by atoms with Gasteiger partial charge in [0.15, 0.2) is 0 Å². The molecule has 3 amide bonds. The Balaban J connectivity index is 1.08. The van der Waals surface area contributed by atoms with Crippen LogP contribution in [0, 0.1) is 0 Å². The number of piperazine rings is 1. The van der Waals surface area contributed by atoms with Gasteiger partial charge in [0.05, 0.1) is 5.56 Å². The molecule has 60 heavy (non-hydrogen) atoms. The van der Waals surface area contributed by atoms with Crippen molar-refractivity contribution in [2.24, 2.45) is 0 Å². The standard InChI is InChI=1S/C50H50F3N3O4/c1-2-3-5-12-36-19-21-39(22-20-36)34-56(47(57)28-25-37-23-26-40(27-24-37)50(51,52)53)46(33-38-13-6-4-7-14-38)48(58)54-29-31-55(32-30-54)49(59)60-35-45-43-17-10-8-15-41(43)42-16-9-11-18-44(42)45/h4,6-11,13-28,45-46H,2-3,5,12,29-35H2,1H3. The third-order valence-corrected chi connectivity index (χ3v) is 11.5. The predicted octanol–water partition coefficient (Wildman–Crippen LogP) is 10.2. The molecule has 1 fully saturated rings. The summed E-state index contributed by atoms with van der Waals surface area (Å²) in [7, 11) is 0. The van der Waals surface area contributed by atoms with Gasteiger partial charge in [-0.25, -0.2) is 4.79 Å². The summed E-state index contributed by atoms with van der Waals surface area (Å²) in [5.41, 5.74) is 7.09. The lowest BCUT2D eigenvalue weighted by Gasteiger charge is -2.39. The lowest BCUT2D eigenvalue weighted by atomic mass is 9.98. The second-order valence-electron chi connectivity index (χ2n) is 15.5. The van der Waals surface area contributed by atoms with Gasteiger partial charge in [0.2, 0.25) is 11.8 Å². The number of fused-ring (bicyclic) bond motifs is 3. The third kappa shape index (κ3) is 10.2. The second-order valence-corrected chi connectivity index (χ2v) is 15.5. The van der Waals surface area contributed by atoms with Crippen molar-refractivity contribution in [3.8, 4) is 11.1 Å². The molecule has 1 atom stereocenters. The van der Waals surface area contributed by atoms with Gasteiger partial charge in [0, 0.05) is 51.1 Å². The Morgan fingerprint density at radius 2 is 1.30 bits per heavy atom. The number of ether oxygens (including phenoxy) is 1. The molecule has 2 aliphatic rings. The van der Waals surface area contributed by atoms with Gasteiger partial charge in [-0.1, -0.05) is 135 Å². The smallest absolute Gasteiger partial charge is 0.416 e. The summed E-state index contributed by atoms with van der Waals surface area (Å²) in [5.74, 6) is -0.774. The molecule has 5 aromatic carbocycles. The maximum absolute atomic E-state index is 14.7. The zero-order valence-electron chi connectivity index (χ0n) is 33.8. The maximum atomic E-state index is 14.7. The molecule has 310 valence electrons. The van der Waals surface area contributed by atoms with Crippen molar-refractivity contribution in [2.45, 2.75) is 63.7 Å². The summed E-state index contributed by atoms with van der Waals surface area (Å²) in [6.45, 7) is 3.53. The lowest BCUT2D eigenvalue weighted by molar-refractivity contribution is -0.145. The SMILES string of the molecule is CCCCCc1ccc(CN(C(=O)C=Cc2ccc(C(F)(F)F)cc2)C(Cc2ccccc2)C(=O)N2CCN(C(=O)OCC3c4ccccc4-c4ccccc43)CC2)cc1. The van der Waals surface area contributed by atoms with Crippen molar-refractivity contribution in [2.75, 3.05) is 32.8 Å². The van der Waals surface area contributed by atoms with Crippen molar-refractivity contribution < 1.29 is 32.3 Å². The van der Waals surface area contributed by atoms with E-state index in [4.69, 9.17) is 4.74 Å². The molecule has 0 radical (unpaired) electrons. The number of benzene rings is 5. The molecule has 1 saturated heterocycles. The highest BCUT2D eigenvalue weighted by Crippen LogP contribution is 2.44. The summed E-state index contributed by atoms with van der Waals surface area (Å²) < 4.78 is 45.7. The number of unbranched alkanes of at least 4 members (excludes halogenated alkanes) is 2. The molecule has 1 heterocycles. The van der Waals surface area contributed by atoms with Crippen molar-refractivity contribution in [3.63, 3.8) is 0 Å². The van der Waals surface area contributed by atoms with E-state index in [0.29, 0.717) is 5.56 Å². The van der Waals surface area contributed by atoms with Gasteiger partial charge in [-0.05, 0) is 75.6 Å². The molecule has 7 rings (SSSR count). The zero-order chi connectivity index (χ0) is 42.1. The largest absolute Gasteiger partial charge is 0.448 e. The number of carbonyl (C=O) groups is 3. The molecule has 7 nitrogen and oxygen atoms in total. The number of rotatable bonds is 14. The van der Waals surface area contributed by atoms with Crippen LogP contribution < -0.4 is 0 Å². The minimum absolute atomic E-state index is 0.0722. The Labute approximate surface area is 350 Å². The van der Waals surface area contributed by atoms with Crippen LogP contribution in [0.4, 0.5) is 18.0 Å². The molecule has 0 bridgehead atoms. The Morgan fingerprint density at radius 1 is 0.717 bits per heavy atom. The minimum atomic E-state index is -4.48. The quantitative estimate of drug-likeness (QED) is 0.0827. The van der Waals surface area contributed by atoms with E-state index in [1.807, 2.05) is 66.7 Å². The minimum Gasteiger partial charge on any atom is -0.448 e. The topological polar surface area (TPSA) is 70.2 Å². The van der Waals surface area contributed by atoms with E-state index < -0.39 is 29.8 Å². The Morgan fingerprint density at radius 3 is 1.92 bits per heavy atom. The molecular formula is C50H50F3N3O4. The van der Waals surface area contributed by atoms with Crippen molar-refractivity contribution >= 4 is 24.0 Å². The molecule has 0 spiro atoms. The van der Waals surface area contributed by atoms with E-state index in [-0.39, 0.29) is 57.6 Å². The van der Waals surface area contributed by atoms with Gasteiger partial charge in [-0.15, -0.1) is 0 Å². The molecule has 1 aliphatic heterocycles. The van der Waals surface area contributed by atoms with Gasteiger partial charge >= 0.3 is 12.3 Å². The van der Waals surface area contributed by atoms with Crippen molar-refractivity contribution in [1.82, 2.24) is 14.7 Å². The number of amides is 3. The number of aryl methyl sites for hydroxylation is 1. The third-order valence-electron chi connectivity index (χ3n) is 11.5. The highest BCUT2D eigenvalue weighted by molar-refractivity contribution is 5.96. The molecule has 0 N–H and O–H groups in total. The van der Waals surface area contributed by atoms with Gasteiger partial charge in [-0.2, -0.15) is 13.2 Å². The maximum Gasteiger partial charge on any atom is 0.416 e. The zero-order valence-corrected chi connectivity index (χ0v) is 33.8. The van der Waals surface area contributed by atoms with Gasteiger partial charge in [0.1, 0.15) is 12.6 Å². The fourth-order valence-electron chi connectivity index (χ4n) is 8.15. The Kier molecular flexibility index (Phi) is 13.5. The number of carbonyl (C=O) groups excluding carboxylic acids is 3. The van der Waals surface area contributed by atoms with Crippen LogP contribution in [0.1, 0.15) is 71.0 Å². The van der Waals surface area contributed by atoms with E-state index in [2.05, 4.69) is 43.3 Å². The van der Waals surface area contributed by atoms with Gasteiger partial charge in [-0.3, -0.25) is 9.59 Å².